The normalized spacial score (nSPS) is 10.8. The fourth-order valence-electron chi connectivity index (χ4n) is 2.98. The van der Waals surface area contributed by atoms with Crippen LogP contribution in [0.3, 0.4) is 0 Å². The molecule has 0 bridgehead atoms. The van der Waals surface area contributed by atoms with Crippen molar-refractivity contribution in [3.8, 4) is 5.75 Å². The maximum Gasteiger partial charge on any atom is 0.271 e. The minimum atomic E-state index is -0.534. The molecule has 0 fully saturated rings. The summed E-state index contributed by atoms with van der Waals surface area (Å²) in [5, 5.41) is 15.7. The number of methoxy groups -OCH3 is 1. The van der Waals surface area contributed by atoms with E-state index in [9.17, 15) is 14.9 Å². The maximum atomic E-state index is 12.7. The Hall–Kier alpha value is -2.94. The Morgan fingerprint density at radius 2 is 2.00 bits per heavy atom. The lowest BCUT2D eigenvalue weighted by molar-refractivity contribution is -0.384. The van der Waals surface area contributed by atoms with Crippen LogP contribution in [-0.4, -0.2) is 29.4 Å². The summed E-state index contributed by atoms with van der Waals surface area (Å²) >= 11 is 7.71. The van der Waals surface area contributed by atoms with E-state index in [1.54, 1.807) is 18.4 Å². The van der Waals surface area contributed by atoms with E-state index in [0.29, 0.717) is 18.8 Å². The number of rotatable bonds is 9. The minimum absolute atomic E-state index is 0.114. The lowest BCUT2D eigenvalue weighted by atomic mass is 10.2. The highest BCUT2D eigenvalue weighted by Gasteiger charge is 2.17. The first-order valence-electron chi connectivity index (χ1n) is 9.06. The molecule has 0 aliphatic carbocycles. The molecule has 9 heteroatoms. The Morgan fingerprint density at radius 3 is 2.67 bits per heavy atom. The van der Waals surface area contributed by atoms with Gasteiger partial charge in [0.05, 0.1) is 29.3 Å². The summed E-state index contributed by atoms with van der Waals surface area (Å²) in [5.41, 5.74) is 1.17. The van der Waals surface area contributed by atoms with Gasteiger partial charge in [0, 0.05) is 35.7 Å². The molecular formula is C21H20ClN3O4S. The molecule has 0 unspecified atom stereocenters. The summed E-state index contributed by atoms with van der Waals surface area (Å²) in [6.45, 7) is 1.23. The van der Waals surface area contributed by atoms with Crippen LogP contribution in [0.25, 0.3) is 0 Å². The van der Waals surface area contributed by atoms with E-state index in [1.807, 2.05) is 46.7 Å². The first kappa shape index (κ1) is 21.8. The third kappa shape index (κ3) is 5.79. The van der Waals surface area contributed by atoms with Crippen molar-refractivity contribution < 1.29 is 14.5 Å². The van der Waals surface area contributed by atoms with Gasteiger partial charge < -0.3 is 10.1 Å². The van der Waals surface area contributed by atoms with Crippen molar-refractivity contribution in [2.75, 3.05) is 19.0 Å². The van der Waals surface area contributed by atoms with Gasteiger partial charge in [-0.25, -0.2) is 0 Å². The molecule has 1 amide bonds. The van der Waals surface area contributed by atoms with E-state index in [0.717, 1.165) is 16.2 Å². The van der Waals surface area contributed by atoms with Crippen LogP contribution in [0.15, 0.2) is 60.0 Å². The average Bonchev–Trinajstić information content (AvgIpc) is 3.22. The number of carbonyl (C=O) groups excluding carboxylic acids is 1. The number of nitro benzene ring substituents is 1. The highest BCUT2D eigenvalue weighted by molar-refractivity contribution is 7.09. The number of nitro groups is 1. The van der Waals surface area contributed by atoms with Crippen LogP contribution in [-0.2, 0) is 17.9 Å². The van der Waals surface area contributed by atoms with Gasteiger partial charge in [-0.15, -0.1) is 11.3 Å². The van der Waals surface area contributed by atoms with Crippen LogP contribution in [0, 0.1) is 10.1 Å². The SMILES string of the molecule is COc1ccccc1CN(CC(=O)Nc1ccc([N+](=O)[O-])cc1Cl)Cc1cccs1. The second kappa shape index (κ2) is 10.2. The fraction of sp³-hybridized carbons (Fsp3) is 0.190. The topological polar surface area (TPSA) is 84.7 Å². The Balaban J connectivity index is 1.73. The number of hydrogen-bond donors (Lipinski definition) is 1. The molecule has 3 rings (SSSR count). The Bertz CT molecular complexity index is 1030. The number of thiophene rings is 1. The number of anilines is 1. The van der Waals surface area contributed by atoms with Crippen LogP contribution in [0.4, 0.5) is 11.4 Å². The number of nitrogens with one attached hydrogen (secondary N) is 1. The molecular weight excluding hydrogens is 426 g/mol. The van der Waals surface area contributed by atoms with E-state index in [2.05, 4.69) is 5.32 Å². The van der Waals surface area contributed by atoms with E-state index in [1.165, 1.54) is 18.2 Å². The van der Waals surface area contributed by atoms with Crippen molar-refractivity contribution in [1.82, 2.24) is 4.90 Å². The summed E-state index contributed by atoms with van der Waals surface area (Å²) in [6, 6.07) is 15.6. The summed E-state index contributed by atoms with van der Waals surface area (Å²) in [4.78, 5) is 26.1. The third-order valence-corrected chi connectivity index (χ3v) is 5.52. The molecule has 1 N–H and O–H groups in total. The molecule has 0 atom stereocenters. The van der Waals surface area contributed by atoms with Crippen LogP contribution in [0.5, 0.6) is 5.75 Å². The highest BCUT2D eigenvalue weighted by atomic mass is 35.5. The van der Waals surface area contributed by atoms with Crippen LogP contribution >= 0.6 is 22.9 Å². The zero-order valence-electron chi connectivity index (χ0n) is 16.2. The molecule has 0 saturated carbocycles. The van der Waals surface area contributed by atoms with Crippen molar-refractivity contribution in [2.24, 2.45) is 0 Å². The maximum absolute atomic E-state index is 12.7. The van der Waals surface area contributed by atoms with Gasteiger partial charge in [-0.05, 0) is 23.6 Å². The molecule has 3 aromatic rings. The summed E-state index contributed by atoms with van der Waals surface area (Å²) in [7, 11) is 1.62. The van der Waals surface area contributed by atoms with Gasteiger partial charge in [0.25, 0.3) is 5.69 Å². The van der Waals surface area contributed by atoms with Gasteiger partial charge in [-0.3, -0.25) is 19.8 Å². The number of ether oxygens (including phenoxy) is 1. The predicted octanol–water partition coefficient (Wildman–Crippen LogP) is 4.96. The van der Waals surface area contributed by atoms with Crippen molar-refractivity contribution >= 4 is 40.2 Å². The molecule has 156 valence electrons. The molecule has 2 aromatic carbocycles. The molecule has 0 saturated heterocycles. The van der Waals surface area contributed by atoms with Crippen molar-refractivity contribution in [3.05, 3.63) is 85.6 Å². The summed E-state index contributed by atoms with van der Waals surface area (Å²) < 4.78 is 5.43. The zero-order valence-corrected chi connectivity index (χ0v) is 17.8. The third-order valence-electron chi connectivity index (χ3n) is 4.35. The average molecular weight is 446 g/mol. The van der Waals surface area contributed by atoms with Gasteiger partial charge in [0.15, 0.2) is 0 Å². The fourth-order valence-corrected chi connectivity index (χ4v) is 3.95. The Kier molecular flexibility index (Phi) is 7.40. The van der Waals surface area contributed by atoms with Crippen LogP contribution < -0.4 is 10.1 Å². The highest BCUT2D eigenvalue weighted by Crippen LogP contribution is 2.27. The molecule has 1 aromatic heterocycles. The van der Waals surface area contributed by atoms with E-state index < -0.39 is 4.92 Å². The van der Waals surface area contributed by atoms with Gasteiger partial charge in [0.1, 0.15) is 5.75 Å². The number of nitrogens with zero attached hydrogens (tertiary/aromatic N) is 2. The zero-order chi connectivity index (χ0) is 21.5. The second-order valence-electron chi connectivity index (χ2n) is 6.51. The molecule has 0 aliphatic heterocycles. The minimum Gasteiger partial charge on any atom is -0.496 e. The van der Waals surface area contributed by atoms with E-state index >= 15 is 0 Å². The standard InChI is InChI=1S/C21H20ClN3O4S/c1-29-20-7-3-2-5-15(20)12-24(13-17-6-4-10-30-17)14-21(26)23-19-9-8-16(25(27)28)11-18(19)22/h2-11H,12-14H2,1H3,(H,23,26). The Morgan fingerprint density at radius 1 is 1.20 bits per heavy atom. The first-order valence-corrected chi connectivity index (χ1v) is 10.3. The largest absolute Gasteiger partial charge is 0.496 e. The van der Waals surface area contributed by atoms with Gasteiger partial charge >= 0.3 is 0 Å². The van der Waals surface area contributed by atoms with Crippen molar-refractivity contribution in [3.63, 3.8) is 0 Å². The summed E-state index contributed by atoms with van der Waals surface area (Å²) in [5.74, 6) is 0.490. The Labute approximate surface area is 183 Å². The van der Waals surface area contributed by atoms with Gasteiger partial charge in [0.2, 0.25) is 5.91 Å². The molecule has 1 heterocycles. The quantitative estimate of drug-likeness (QED) is 0.371. The van der Waals surface area contributed by atoms with E-state index in [-0.39, 0.29) is 23.2 Å². The first-order chi connectivity index (χ1) is 14.5. The van der Waals surface area contributed by atoms with Crippen LogP contribution in [0.1, 0.15) is 10.4 Å². The monoisotopic (exact) mass is 445 g/mol. The van der Waals surface area contributed by atoms with Crippen LogP contribution in [0.2, 0.25) is 5.02 Å². The lowest BCUT2D eigenvalue weighted by Crippen LogP contribution is -2.32. The number of non-ortho nitro benzene ring substituents is 1. The molecule has 7 nitrogen and oxygen atoms in total. The molecule has 0 radical (unpaired) electrons. The lowest BCUT2D eigenvalue weighted by Gasteiger charge is -2.22. The van der Waals surface area contributed by atoms with E-state index in [4.69, 9.17) is 16.3 Å². The van der Waals surface area contributed by atoms with Crippen molar-refractivity contribution in [2.45, 2.75) is 13.1 Å². The number of amides is 1. The number of para-hydroxylation sites is 1. The van der Waals surface area contributed by atoms with Crippen molar-refractivity contribution in [1.29, 1.82) is 0 Å². The molecule has 0 aliphatic rings. The smallest absolute Gasteiger partial charge is 0.271 e. The number of carbonyl (C=O) groups is 1. The number of hydrogen-bond acceptors (Lipinski definition) is 6. The van der Waals surface area contributed by atoms with Gasteiger partial charge in [-0.2, -0.15) is 0 Å². The van der Waals surface area contributed by atoms with Gasteiger partial charge in [-0.1, -0.05) is 35.9 Å². The second-order valence-corrected chi connectivity index (χ2v) is 7.95. The predicted molar refractivity (Wildman–Crippen MR) is 118 cm³/mol. The number of halogens is 1. The molecule has 30 heavy (non-hydrogen) atoms. The molecule has 0 spiro atoms. The number of benzene rings is 2. The summed E-state index contributed by atoms with van der Waals surface area (Å²) in [6.07, 6.45) is 0.